The molecule has 2 rings (SSSR count). The van der Waals surface area contributed by atoms with Crippen molar-refractivity contribution in [2.75, 3.05) is 11.9 Å². The second kappa shape index (κ2) is 6.68. The molecule has 0 aliphatic carbocycles. The number of hydrogen-bond acceptors (Lipinski definition) is 6. The fraction of sp³-hybridized carbons (Fsp3) is 0.417. The van der Waals surface area contributed by atoms with Gasteiger partial charge in [0.2, 0.25) is 11.2 Å². The summed E-state index contributed by atoms with van der Waals surface area (Å²) in [6, 6.07) is 2.41. The Kier molecular flexibility index (Phi) is 4.93. The molecule has 102 valence electrons. The molecule has 1 unspecified atom stereocenters. The van der Waals surface area contributed by atoms with E-state index in [2.05, 4.69) is 31.7 Å². The van der Waals surface area contributed by atoms with Gasteiger partial charge < -0.3 is 10.1 Å². The van der Waals surface area contributed by atoms with Crippen LogP contribution >= 0.6 is 22.9 Å². The summed E-state index contributed by atoms with van der Waals surface area (Å²) in [5.41, 5.74) is 1.18. The normalized spacial score (nSPS) is 12.2. The Morgan fingerprint density at radius 3 is 2.95 bits per heavy atom. The van der Waals surface area contributed by atoms with E-state index in [0.717, 1.165) is 6.42 Å². The minimum Gasteiger partial charge on any atom is -0.463 e. The van der Waals surface area contributed by atoms with Crippen LogP contribution in [0.2, 0.25) is 5.28 Å². The summed E-state index contributed by atoms with van der Waals surface area (Å²) in [5, 5.41) is 7.42. The first-order valence-electron chi connectivity index (χ1n) is 6.02. The van der Waals surface area contributed by atoms with Crippen molar-refractivity contribution in [1.82, 2.24) is 15.0 Å². The highest BCUT2D eigenvalue weighted by Crippen LogP contribution is 2.20. The van der Waals surface area contributed by atoms with Crippen LogP contribution in [0.25, 0.3) is 0 Å². The molecule has 0 aromatic carbocycles. The molecule has 0 saturated carbocycles. The molecular formula is C12H15ClN4OS. The minimum atomic E-state index is 0.101. The number of ether oxygens (including phenoxy) is 1. The zero-order chi connectivity index (χ0) is 13.7. The summed E-state index contributed by atoms with van der Waals surface area (Å²) in [6.07, 6.45) is 0.886. The van der Waals surface area contributed by atoms with Gasteiger partial charge >= 0.3 is 6.01 Å². The van der Waals surface area contributed by atoms with Gasteiger partial charge in [0.15, 0.2) is 0 Å². The van der Waals surface area contributed by atoms with Crippen molar-refractivity contribution < 1.29 is 4.74 Å². The Hall–Kier alpha value is -1.40. The summed E-state index contributed by atoms with van der Waals surface area (Å²) in [6.45, 7) is 4.60. The summed E-state index contributed by atoms with van der Waals surface area (Å²) in [7, 11) is 0. The lowest BCUT2D eigenvalue weighted by Crippen LogP contribution is -2.11. The van der Waals surface area contributed by atoms with Gasteiger partial charge in [-0.3, -0.25) is 0 Å². The maximum Gasteiger partial charge on any atom is 0.322 e. The Balaban J connectivity index is 2.09. The fourth-order valence-electron chi connectivity index (χ4n) is 1.45. The van der Waals surface area contributed by atoms with E-state index in [1.54, 1.807) is 11.3 Å². The summed E-state index contributed by atoms with van der Waals surface area (Å²) >= 11 is 7.51. The van der Waals surface area contributed by atoms with Crippen LogP contribution in [0.15, 0.2) is 16.8 Å². The summed E-state index contributed by atoms with van der Waals surface area (Å²) in [5.74, 6) is 0.421. The van der Waals surface area contributed by atoms with Gasteiger partial charge in [-0.05, 0) is 47.3 Å². The van der Waals surface area contributed by atoms with Crippen LogP contribution in [0, 0.1) is 0 Å². The van der Waals surface area contributed by atoms with Gasteiger partial charge in [-0.15, -0.1) is 0 Å². The van der Waals surface area contributed by atoms with Crippen molar-refractivity contribution >= 4 is 28.9 Å². The Morgan fingerprint density at radius 2 is 2.26 bits per heavy atom. The first-order valence-corrected chi connectivity index (χ1v) is 7.34. The average Bonchev–Trinajstić information content (AvgIpc) is 2.89. The molecule has 0 bridgehead atoms. The molecule has 0 radical (unpaired) electrons. The van der Waals surface area contributed by atoms with Crippen molar-refractivity contribution in [3.8, 4) is 6.01 Å². The fourth-order valence-corrected chi connectivity index (χ4v) is 2.36. The third-order valence-corrected chi connectivity index (χ3v) is 3.28. The molecule has 1 N–H and O–H groups in total. The molecule has 5 nitrogen and oxygen atoms in total. The van der Waals surface area contributed by atoms with Crippen molar-refractivity contribution in [3.63, 3.8) is 0 Å². The van der Waals surface area contributed by atoms with Crippen LogP contribution in [0.1, 0.15) is 31.9 Å². The van der Waals surface area contributed by atoms with E-state index in [0.29, 0.717) is 12.6 Å². The standard InChI is InChI=1S/C12H15ClN4OS/c1-3-5-18-12-16-10(13)15-11(17-12)14-8(2)9-4-6-19-7-9/h4,6-8H,3,5H2,1-2H3,(H,14,15,16,17). The molecular weight excluding hydrogens is 284 g/mol. The third kappa shape index (κ3) is 4.04. The summed E-state index contributed by atoms with van der Waals surface area (Å²) < 4.78 is 5.36. The number of hydrogen-bond donors (Lipinski definition) is 1. The number of nitrogens with zero attached hydrogens (tertiary/aromatic N) is 3. The van der Waals surface area contributed by atoms with E-state index >= 15 is 0 Å². The third-order valence-electron chi connectivity index (χ3n) is 2.41. The van der Waals surface area contributed by atoms with E-state index in [9.17, 15) is 0 Å². The monoisotopic (exact) mass is 298 g/mol. The first-order chi connectivity index (χ1) is 9.19. The molecule has 7 heteroatoms. The highest BCUT2D eigenvalue weighted by Gasteiger charge is 2.10. The van der Waals surface area contributed by atoms with E-state index < -0.39 is 0 Å². The number of halogens is 1. The Morgan fingerprint density at radius 1 is 1.42 bits per heavy atom. The number of nitrogens with one attached hydrogen (secondary N) is 1. The van der Waals surface area contributed by atoms with Gasteiger partial charge in [0, 0.05) is 0 Å². The van der Waals surface area contributed by atoms with Crippen molar-refractivity contribution in [2.24, 2.45) is 0 Å². The second-order valence-electron chi connectivity index (χ2n) is 3.98. The predicted molar refractivity (Wildman–Crippen MR) is 77.0 cm³/mol. The number of rotatable bonds is 6. The smallest absolute Gasteiger partial charge is 0.322 e. The molecule has 2 aromatic rings. The van der Waals surface area contributed by atoms with Crippen LogP contribution in [-0.2, 0) is 0 Å². The van der Waals surface area contributed by atoms with E-state index in [1.807, 2.05) is 19.2 Å². The van der Waals surface area contributed by atoms with Crippen LogP contribution in [0.4, 0.5) is 5.95 Å². The zero-order valence-electron chi connectivity index (χ0n) is 10.8. The molecule has 2 heterocycles. The number of anilines is 1. The van der Waals surface area contributed by atoms with Gasteiger partial charge in [-0.2, -0.15) is 26.3 Å². The highest BCUT2D eigenvalue weighted by atomic mass is 35.5. The van der Waals surface area contributed by atoms with Gasteiger partial charge in [-0.25, -0.2) is 0 Å². The lowest BCUT2D eigenvalue weighted by atomic mass is 10.2. The van der Waals surface area contributed by atoms with Crippen LogP contribution in [0.5, 0.6) is 6.01 Å². The zero-order valence-corrected chi connectivity index (χ0v) is 12.3. The molecule has 0 aliphatic heterocycles. The first kappa shape index (κ1) is 14.0. The van der Waals surface area contributed by atoms with Crippen molar-refractivity contribution in [3.05, 3.63) is 27.7 Å². The van der Waals surface area contributed by atoms with Gasteiger partial charge in [0.25, 0.3) is 0 Å². The number of thiophene rings is 1. The predicted octanol–water partition coefficient (Wildman–Crippen LogP) is 3.55. The van der Waals surface area contributed by atoms with E-state index in [1.165, 1.54) is 5.56 Å². The van der Waals surface area contributed by atoms with Crippen LogP contribution in [-0.4, -0.2) is 21.6 Å². The molecule has 0 amide bonds. The lowest BCUT2D eigenvalue weighted by molar-refractivity contribution is 0.291. The van der Waals surface area contributed by atoms with E-state index in [-0.39, 0.29) is 17.3 Å². The molecule has 2 aromatic heterocycles. The van der Waals surface area contributed by atoms with Gasteiger partial charge in [0.05, 0.1) is 12.6 Å². The quantitative estimate of drug-likeness (QED) is 0.884. The largest absolute Gasteiger partial charge is 0.463 e. The van der Waals surface area contributed by atoms with Crippen LogP contribution < -0.4 is 10.1 Å². The molecule has 0 fully saturated rings. The van der Waals surface area contributed by atoms with Crippen molar-refractivity contribution in [1.29, 1.82) is 0 Å². The van der Waals surface area contributed by atoms with Gasteiger partial charge in [-0.1, -0.05) is 6.92 Å². The molecule has 0 aliphatic rings. The highest BCUT2D eigenvalue weighted by molar-refractivity contribution is 7.07. The second-order valence-corrected chi connectivity index (χ2v) is 5.10. The molecule has 0 saturated heterocycles. The maximum absolute atomic E-state index is 5.86. The van der Waals surface area contributed by atoms with Gasteiger partial charge in [0.1, 0.15) is 0 Å². The molecule has 1 atom stereocenters. The molecule has 0 spiro atoms. The van der Waals surface area contributed by atoms with Crippen LogP contribution in [0.3, 0.4) is 0 Å². The lowest BCUT2D eigenvalue weighted by Gasteiger charge is -2.13. The Bertz CT molecular complexity index is 520. The van der Waals surface area contributed by atoms with Crippen molar-refractivity contribution in [2.45, 2.75) is 26.3 Å². The van der Waals surface area contributed by atoms with E-state index in [4.69, 9.17) is 16.3 Å². The SMILES string of the molecule is CCCOc1nc(Cl)nc(NC(C)c2ccsc2)n1. The maximum atomic E-state index is 5.86. The minimum absolute atomic E-state index is 0.101. The average molecular weight is 299 g/mol. The molecule has 19 heavy (non-hydrogen) atoms. The Labute approximate surface area is 121 Å². The topological polar surface area (TPSA) is 59.9 Å². The number of aromatic nitrogens is 3. The summed E-state index contributed by atoms with van der Waals surface area (Å²) in [4.78, 5) is 12.2.